The van der Waals surface area contributed by atoms with E-state index in [0.29, 0.717) is 18.8 Å². The summed E-state index contributed by atoms with van der Waals surface area (Å²) in [6.07, 6.45) is 5.46. The highest BCUT2D eigenvalue weighted by Crippen LogP contribution is 2.36. The third-order valence-electron chi connectivity index (χ3n) is 4.08. The van der Waals surface area contributed by atoms with Crippen LogP contribution in [0.25, 0.3) is 0 Å². The van der Waals surface area contributed by atoms with Crippen LogP contribution in [0, 0.1) is 15.9 Å². The lowest BCUT2D eigenvalue weighted by Crippen LogP contribution is -2.37. The van der Waals surface area contributed by atoms with Gasteiger partial charge in [0.25, 0.3) is 0 Å². The van der Waals surface area contributed by atoms with Gasteiger partial charge in [-0.15, -0.1) is 0 Å². The van der Waals surface area contributed by atoms with Gasteiger partial charge < -0.3 is 9.64 Å². The van der Waals surface area contributed by atoms with Crippen molar-refractivity contribution in [3.63, 3.8) is 0 Å². The van der Waals surface area contributed by atoms with E-state index in [0.717, 1.165) is 18.9 Å². The van der Waals surface area contributed by atoms with Crippen molar-refractivity contribution >= 4 is 11.4 Å². The first-order valence-corrected chi connectivity index (χ1v) is 7.36. The predicted molar refractivity (Wildman–Crippen MR) is 82.3 cm³/mol. The second kappa shape index (κ2) is 6.23. The van der Waals surface area contributed by atoms with Crippen molar-refractivity contribution in [1.82, 2.24) is 9.78 Å². The van der Waals surface area contributed by atoms with Gasteiger partial charge >= 0.3 is 5.69 Å². The maximum Gasteiger partial charge on any atom is 0.313 e. The van der Waals surface area contributed by atoms with Crippen LogP contribution in [-0.2, 0) is 0 Å². The van der Waals surface area contributed by atoms with E-state index < -0.39 is 10.7 Å². The molecule has 1 aromatic heterocycles. The fraction of sp³-hybridized carbons (Fsp3) is 0.400. The van der Waals surface area contributed by atoms with Crippen LogP contribution in [0.1, 0.15) is 18.9 Å². The lowest BCUT2D eigenvalue weighted by Gasteiger charge is -2.34. The quantitative estimate of drug-likeness (QED) is 0.640. The summed E-state index contributed by atoms with van der Waals surface area (Å²) in [6.45, 7) is 1.29. The van der Waals surface area contributed by atoms with Crippen molar-refractivity contribution in [3.05, 3.63) is 46.5 Å². The molecule has 0 spiro atoms. The topological polar surface area (TPSA) is 73.4 Å². The van der Waals surface area contributed by atoms with Gasteiger partial charge in [-0.3, -0.25) is 14.8 Å². The molecule has 3 rings (SSSR count). The van der Waals surface area contributed by atoms with Crippen LogP contribution in [0.15, 0.2) is 30.6 Å². The van der Waals surface area contributed by atoms with Gasteiger partial charge in [0, 0.05) is 31.5 Å². The van der Waals surface area contributed by atoms with Gasteiger partial charge in [-0.1, -0.05) is 0 Å². The first-order valence-electron chi connectivity index (χ1n) is 7.36. The summed E-state index contributed by atoms with van der Waals surface area (Å²) in [5, 5.41) is 15.2. The lowest BCUT2D eigenvalue weighted by molar-refractivity contribution is -0.385. The number of methoxy groups -OCH3 is 1. The molecule has 7 nitrogen and oxygen atoms in total. The van der Waals surface area contributed by atoms with E-state index in [2.05, 4.69) is 5.10 Å². The Morgan fingerprint density at radius 1 is 1.48 bits per heavy atom. The van der Waals surface area contributed by atoms with Crippen molar-refractivity contribution in [1.29, 1.82) is 0 Å². The number of aromatic nitrogens is 2. The Bertz CT molecular complexity index is 705. The highest BCUT2D eigenvalue weighted by Gasteiger charge is 2.26. The number of nitro benzene ring substituents is 1. The van der Waals surface area contributed by atoms with Crippen LogP contribution in [0.4, 0.5) is 15.8 Å². The summed E-state index contributed by atoms with van der Waals surface area (Å²) in [7, 11) is 1.34. The molecule has 1 aliphatic rings. The van der Waals surface area contributed by atoms with Crippen LogP contribution in [-0.4, -0.2) is 34.9 Å². The van der Waals surface area contributed by atoms with Crippen molar-refractivity contribution in [2.75, 3.05) is 25.1 Å². The molecule has 0 saturated carbocycles. The average molecular weight is 320 g/mol. The first kappa shape index (κ1) is 15.3. The monoisotopic (exact) mass is 320 g/mol. The summed E-state index contributed by atoms with van der Waals surface area (Å²) in [4.78, 5) is 12.2. The van der Waals surface area contributed by atoms with Crippen LogP contribution in [0.2, 0.25) is 0 Å². The zero-order valence-electron chi connectivity index (χ0n) is 12.7. The third-order valence-corrected chi connectivity index (χ3v) is 4.08. The molecular weight excluding hydrogens is 303 g/mol. The summed E-state index contributed by atoms with van der Waals surface area (Å²) in [5.41, 5.74) is -0.0429. The Balaban J connectivity index is 1.90. The van der Waals surface area contributed by atoms with Crippen LogP contribution in [0.3, 0.4) is 0 Å². The van der Waals surface area contributed by atoms with E-state index in [-0.39, 0.29) is 17.5 Å². The van der Waals surface area contributed by atoms with Crippen molar-refractivity contribution in [2.24, 2.45) is 0 Å². The normalized spacial score (nSPS) is 18.0. The number of benzene rings is 1. The SMILES string of the molecule is COc1cc(N2CCC[C@H](n3cccn3)C2)c(F)cc1[N+](=O)[O-]. The van der Waals surface area contributed by atoms with Gasteiger partial charge in [-0.25, -0.2) is 4.39 Å². The van der Waals surface area contributed by atoms with E-state index in [4.69, 9.17) is 4.74 Å². The highest BCUT2D eigenvalue weighted by molar-refractivity contribution is 5.60. The zero-order valence-corrected chi connectivity index (χ0v) is 12.7. The zero-order chi connectivity index (χ0) is 16.4. The number of hydrogen-bond donors (Lipinski definition) is 0. The molecule has 122 valence electrons. The lowest BCUT2D eigenvalue weighted by atomic mass is 10.0. The molecule has 2 aromatic rings. The number of hydrogen-bond acceptors (Lipinski definition) is 5. The molecule has 23 heavy (non-hydrogen) atoms. The Morgan fingerprint density at radius 3 is 2.96 bits per heavy atom. The number of halogens is 1. The smallest absolute Gasteiger partial charge is 0.313 e. The van der Waals surface area contributed by atoms with Crippen LogP contribution >= 0.6 is 0 Å². The molecule has 0 radical (unpaired) electrons. The minimum absolute atomic E-state index is 0.0626. The molecular formula is C15H17FN4O3. The molecule has 8 heteroatoms. The second-order valence-corrected chi connectivity index (χ2v) is 5.46. The van der Waals surface area contributed by atoms with Gasteiger partial charge in [0.2, 0.25) is 0 Å². The predicted octanol–water partition coefficient (Wildman–Crippen LogP) is 2.78. The third kappa shape index (κ3) is 2.96. The minimum atomic E-state index is -0.644. The fourth-order valence-corrected chi connectivity index (χ4v) is 2.97. The fourth-order valence-electron chi connectivity index (χ4n) is 2.97. The van der Waals surface area contributed by atoms with E-state index in [1.54, 1.807) is 6.20 Å². The standard InChI is InChI=1S/C15H17FN4O3/c1-23-15-9-13(12(16)8-14(15)20(21)22)18-6-2-4-11(10-18)19-7-3-5-17-19/h3,5,7-9,11H,2,4,6,10H2,1H3/t11-/m0/s1. The minimum Gasteiger partial charge on any atom is -0.490 e. The number of ether oxygens (including phenoxy) is 1. The molecule has 0 bridgehead atoms. The van der Waals surface area contributed by atoms with Crippen LogP contribution < -0.4 is 9.64 Å². The number of anilines is 1. The Morgan fingerprint density at radius 2 is 2.30 bits per heavy atom. The number of nitrogens with zero attached hydrogens (tertiary/aromatic N) is 4. The molecule has 2 heterocycles. The largest absolute Gasteiger partial charge is 0.490 e. The molecule has 0 N–H and O–H groups in total. The molecule has 1 aliphatic heterocycles. The average Bonchev–Trinajstić information content (AvgIpc) is 3.09. The van der Waals surface area contributed by atoms with Gasteiger partial charge in [0.1, 0.15) is 0 Å². The maximum absolute atomic E-state index is 14.4. The molecule has 1 saturated heterocycles. The van der Waals surface area contributed by atoms with Crippen molar-refractivity contribution < 1.29 is 14.1 Å². The van der Waals surface area contributed by atoms with E-state index >= 15 is 0 Å². The second-order valence-electron chi connectivity index (χ2n) is 5.46. The number of piperidine rings is 1. The van der Waals surface area contributed by atoms with E-state index in [1.807, 2.05) is 21.8 Å². The van der Waals surface area contributed by atoms with E-state index in [9.17, 15) is 14.5 Å². The molecule has 1 aromatic carbocycles. The first-order chi connectivity index (χ1) is 11.1. The maximum atomic E-state index is 14.4. The molecule has 0 unspecified atom stereocenters. The summed E-state index contributed by atoms with van der Waals surface area (Å²) >= 11 is 0. The van der Waals surface area contributed by atoms with Crippen molar-refractivity contribution in [3.8, 4) is 5.75 Å². The van der Waals surface area contributed by atoms with E-state index in [1.165, 1.54) is 13.2 Å². The number of nitro groups is 1. The molecule has 0 aliphatic carbocycles. The van der Waals surface area contributed by atoms with Gasteiger partial charge in [0.05, 0.1) is 29.8 Å². The van der Waals surface area contributed by atoms with Gasteiger partial charge in [0.15, 0.2) is 11.6 Å². The van der Waals surface area contributed by atoms with Gasteiger partial charge in [-0.2, -0.15) is 5.10 Å². The Hall–Kier alpha value is -2.64. The summed E-state index contributed by atoms with van der Waals surface area (Å²) in [6, 6.07) is 4.33. The van der Waals surface area contributed by atoms with Crippen LogP contribution in [0.5, 0.6) is 5.75 Å². The number of rotatable bonds is 4. The van der Waals surface area contributed by atoms with Gasteiger partial charge in [-0.05, 0) is 18.9 Å². The molecule has 1 atom stereocenters. The van der Waals surface area contributed by atoms with Crippen molar-refractivity contribution in [2.45, 2.75) is 18.9 Å². The Labute approximate surface area is 132 Å². The summed E-state index contributed by atoms with van der Waals surface area (Å²) < 4.78 is 21.3. The molecule has 0 amide bonds. The summed E-state index contributed by atoms with van der Waals surface area (Å²) in [5.74, 6) is -0.550. The highest BCUT2D eigenvalue weighted by atomic mass is 19.1. The molecule has 1 fully saturated rings. The Kier molecular flexibility index (Phi) is 4.14.